The molecule has 0 saturated carbocycles. The Labute approximate surface area is 158 Å². The number of morpholine rings is 1. The van der Waals surface area contributed by atoms with Crippen molar-refractivity contribution in [2.45, 2.75) is 31.0 Å². The Kier molecular flexibility index (Phi) is 5.45. The fourth-order valence-electron chi connectivity index (χ4n) is 2.94. The zero-order valence-corrected chi connectivity index (χ0v) is 15.9. The van der Waals surface area contributed by atoms with Crippen LogP contribution in [-0.2, 0) is 14.8 Å². The Balaban J connectivity index is 1.74. The van der Waals surface area contributed by atoms with Crippen molar-refractivity contribution in [2.75, 3.05) is 24.1 Å². The third-order valence-electron chi connectivity index (χ3n) is 4.18. The van der Waals surface area contributed by atoms with E-state index in [0.29, 0.717) is 30.2 Å². The predicted octanol–water partition coefficient (Wildman–Crippen LogP) is 1.71. The molecular formula is C18H22N4O4S. The quantitative estimate of drug-likeness (QED) is 0.821. The number of hydrogen-bond acceptors (Lipinski definition) is 6. The number of carbonyl (C=O) groups is 1. The van der Waals surface area contributed by atoms with Crippen molar-refractivity contribution in [1.82, 2.24) is 9.29 Å². The lowest BCUT2D eigenvalue weighted by atomic mass is 10.2. The molecule has 0 spiro atoms. The Morgan fingerprint density at radius 2 is 1.78 bits per heavy atom. The number of anilines is 2. The topological polar surface area (TPSA) is 115 Å². The van der Waals surface area contributed by atoms with E-state index in [2.05, 4.69) is 10.3 Å². The highest BCUT2D eigenvalue weighted by molar-refractivity contribution is 7.89. The van der Waals surface area contributed by atoms with Crippen molar-refractivity contribution in [1.29, 1.82) is 0 Å². The number of rotatable bonds is 4. The number of nitrogens with one attached hydrogen (secondary N) is 1. The van der Waals surface area contributed by atoms with Gasteiger partial charge in [-0.1, -0.05) is 0 Å². The van der Waals surface area contributed by atoms with Gasteiger partial charge in [0.15, 0.2) is 0 Å². The molecule has 1 amide bonds. The number of sulfonamides is 1. The standard InChI is InChI=1S/C18H22N4O4S/c1-12-10-22(11-13(2)26-12)27(24,25)16-6-3-14(4-7-16)18(23)21-15-5-8-17(19)20-9-15/h3-9,12-13H,10-11H2,1-2H3,(H2,19,20)(H,21,23). The van der Waals surface area contributed by atoms with Gasteiger partial charge in [-0.15, -0.1) is 0 Å². The van der Waals surface area contributed by atoms with Gasteiger partial charge < -0.3 is 15.8 Å². The summed E-state index contributed by atoms with van der Waals surface area (Å²) in [5, 5.41) is 2.69. The van der Waals surface area contributed by atoms with Crippen molar-refractivity contribution in [2.24, 2.45) is 0 Å². The molecule has 2 atom stereocenters. The summed E-state index contributed by atoms with van der Waals surface area (Å²) in [5.41, 5.74) is 6.36. The van der Waals surface area contributed by atoms with Crippen molar-refractivity contribution in [3.05, 3.63) is 48.2 Å². The minimum atomic E-state index is -3.64. The zero-order chi connectivity index (χ0) is 19.6. The number of nitrogen functional groups attached to an aromatic ring is 1. The number of hydrogen-bond donors (Lipinski definition) is 2. The van der Waals surface area contributed by atoms with Crippen LogP contribution in [0.5, 0.6) is 0 Å². The molecule has 1 aromatic carbocycles. The van der Waals surface area contributed by atoms with Crippen LogP contribution in [-0.4, -0.2) is 48.9 Å². The molecule has 0 bridgehead atoms. The van der Waals surface area contributed by atoms with Gasteiger partial charge in [-0.25, -0.2) is 13.4 Å². The van der Waals surface area contributed by atoms with Gasteiger partial charge in [-0.2, -0.15) is 4.31 Å². The maximum Gasteiger partial charge on any atom is 0.255 e. The SMILES string of the molecule is CC1CN(S(=O)(=O)c2ccc(C(=O)Nc3ccc(N)nc3)cc2)CC(C)O1. The second-order valence-corrected chi connectivity index (χ2v) is 8.47. The molecule has 27 heavy (non-hydrogen) atoms. The Morgan fingerprint density at radius 3 is 2.33 bits per heavy atom. The summed E-state index contributed by atoms with van der Waals surface area (Å²) in [5.74, 6) is -0.00607. The number of ether oxygens (including phenoxy) is 1. The summed E-state index contributed by atoms with van der Waals surface area (Å²) in [6, 6.07) is 9.07. The molecule has 1 aliphatic rings. The molecule has 3 rings (SSSR count). The first-order valence-corrected chi connectivity index (χ1v) is 9.98. The highest BCUT2D eigenvalue weighted by Crippen LogP contribution is 2.21. The third kappa shape index (κ3) is 4.44. The van der Waals surface area contributed by atoms with Gasteiger partial charge in [0.25, 0.3) is 5.91 Å². The maximum atomic E-state index is 12.8. The van der Waals surface area contributed by atoms with Gasteiger partial charge in [-0.05, 0) is 50.2 Å². The van der Waals surface area contributed by atoms with Crippen LogP contribution in [0.25, 0.3) is 0 Å². The Bertz CT molecular complexity index is 903. The number of benzene rings is 1. The zero-order valence-electron chi connectivity index (χ0n) is 15.1. The molecule has 1 aliphatic heterocycles. The lowest BCUT2D eigenvalue weighted by Crippen LogP contribution is -2.48. The average Bonchev–Trinajstić information content (AvgIpc) is 2.63. The number of nitrogens with two attached hydrogens (primary N) is 1. The van der Waals surface area contributed by atoms with E-state index < -0.39 is 10.0 Å². The lowest BCUT2D eigenvalue weighted by molar-refractivity contribution is -0.0440. The number of pyridine rings is 1. The summed E-state index contributed by atoms with van der Waals surface area (Å²) < 4.78 is 32.7. The minimum absolute atomic E-state index is 0.148. The highest BCUT2D eigenvalue weighted by atomic mass is 32.2. The van der Waals surface area contributed by atoms with Gasteiger partial charge in [0, 0.05) is 18.7 Å². The van der Waals surface area contributed by atoms with E-state index in [9.17, 15) is 13.2 Å². The molecule has 2 aromatic rings. The third-order valence-corrected chi connectivity index (χ3v) is 6.03. The van der Waals surface area contributed by atoms with E-state index in [1.165, 1.54) is 34.8 Å². The summed E-state index contributed by atoms with van der Waals surface area (Å²) in [7, 11) is -3.64. The maximum absolute atomic E-state index is 12.8. The van der Waals surface area contributed by atoms with Gasteiger partial charge >= 0.3 is 0 Å². The smallest absolute Gasteiger partial charge is 0.255 e. The van der Waals surface area contributed by atoms with Crippen LogP contribution in [0.4, 0.5) is 11.5 Å². The molecule has 144 valence electrons. The van der Waals surface area contributed by atoms with E-state index >= 15 is 0 Å². The molecule has 0 aliphatic carbocycles. The van der Waals surface area contributed by atoms with E-state index in [1.807, 2.05) is 13.8 Å². The van der Waals surface area contributed by atoms with Crippen LogP contribution < -0.4 is 11.1 Å². The molecule has 9 heteroatoms. The van der Waals surface area contributed by atoms with E-state index in [1.54, 1.807) is 12.1 Å². The highest BCUT2D eigenvalue weighted by Gasteiger charge is 2.32. The van der Waals surface area contributed by atoms with Crippen LogP contribution >= 0.6 is 0 Å². The molecule has 0 radical (unpaired) electrons. The van der Waals surface area contributed by atoms with Crippen LogP contribution in [0.1, 0.15) is 24.2 Å². The Morgan fingerprint density at radius 1 is 1.15 bits per heavy atom. The first-order chi connectivity index (χ1) is 12.8. The second kappa shape index (κ2) is 7.63. The summed E-state index contributed by atoms with van der Waals surface area (Å²) in [4.78, 5) is 16.4. The summed E-state index contributed by atoms with van der Waals surface area (Å²) in [6.07, 6.45) is 1.12. The van der Waals surface area contributed by atoms with Gasteiger partial charge in [0.2, 0.25) is 10.0 Å². The van der Waals surface area contributed by atoms with Crippen LogP contribution in [0.2, 0.25) is 0 Å². The summed E-state index contributed by atoms with van der Waals surface area (Å²) in [6.45, 7) is 4.30. The first-order valence-electron chi connectivity index (χ1n) is 8.54. The fraction of sp³-hybridized carbons (Fsp3) is 0.333. The van der Waals surface area contributed by atoms with Gasteiger partial charge in [-0.3, -0.25) is 4.79 Å². The predicted molar refractivity (Wildman–Crippen MR) is 102 cm³/mol. The Hall–Kier alpha value is -2.49. The number of nitrogens with zero attached hydrogens (tertiary/aromatic N) is 2. The minimum Gasteiger partial charge on any atom is -0.384 e. The molecule has 1 aromatic heterocycles. The number of aromatic nitrogens is 1. The van der Waals surface area contributed by atoms with Crippen LogP contribution in [0.15, 0.2) is 47.5 Å². The molecule has 2 heterocycles. The normalized spacial score (nSPS) is 21.0. The van der Waals surface area contributed by atoms with Crippen molar-refractivity contribution < 1.29 is 17.9 Å². The molecule has 1 saturated heterocycles. The van der Waals surface area contributed by atoms with E-state index in [0.717, 1.165) is 0 Å². The van der Waals surface area contributed by atoms with Gasteiger partial charge in [0.05, 0.1) is 29.0 Å². The first kappa shape index (κ1) is 19.3. The fourth-order valence-corrected chi connectivity index (χ4v) is 4.53. The van der Waals surface area contributed by atoms with Crippen molar-refractivity contribution >= 4 is 27.4 Å². The molecular weight excluding hydrogens is 368 g/mol. The van der Waals surface area contributed by atoms with Gasteiger partial charge in [0.1, 0.15) is 5.82 Å². The average molecular weight is 390 g/mol. The summed E-state index contributed by atoms with van der Waals surface area (Å²) >= 11 is 0. The number of amides is 1. The molecule has 2 unspecified atom stereocenters. The monoisotopic (exact) mass is 390 g/mol. The largest absolute Gasteiger partial charge is 0.384 e. The lowest BCUT2D eigenvalue weighted by Gasteiger charge is -2.34. The second-order valence-electron chi connectivity index (χ2n) is 6.53. The molecule has 8 nitrogen and oxygen atoms in total. The number of carbonyl (C=O) groups excluding carboxylic acids is 1. The van der Waals surface area contributed by atoms with Crippen molar-refractivity contribution in [3.8, 4) is 0 Å². The van der Waals surface area contributed by atoms with Crippen LogP contribution in [0, 0.1) is 0 Å². The van der Waals surface area contributed by atoms with Crippen LogP contribution in [0.3, 0.4) is 0 Å². The van der Waals surface area contributed by atoms with E-state index in [-0.39, 0.29) is 23.0 Å². The molecule has 1 fully saturated rings. The molecule has 3 N–H and O–H groups in total. The van der Waals surface area contributed by atoms with Crippen molar-refractivity contribution in [3.63, 3.8) is 0 Å². The van der Waals surface area contributed by atoms with E-state index in [4.69, 9.17) is 10.5 Å².